The number of rotatable bonds is 5. The smallest absolute Gasteiger partial charge is 0.393 e. The molecule has 2 unspecified atom stereocenters. The zero-order valence-electron chi connectivity index (χ0n) is 20.3. The highest BCUT2D eigenvalue weighted by atomic mass is 19.4. The second-order valence-electron chi connectivity index (χ2n) is 9.70. The van der Waals surface area contributed by atoms with Gasteiger partial charge in [0.25, 0.3) is 0 Å². The van der Waals surface area contributed by atoms with Crippen LogP contribution in [0.4, 0.5) is 30.4 Å². The largest absolute Gasteiger partial charge is 0.416 e. The summed E-state index contributed by atoms with van der Waals surface area (Å²) in [5, 5.41) is 19.3. The second-order valence-corrected chi connectivity index (χ2v) is 9.70. The van der Waals surface area contributed by atoms with Crippen LogP contribution in [0.25, 0.3) is 11.3 Å². The Morgan fingerprint density at radius 2 is 1.92 bits per heavy atom. The molecule has 0 spiro atoms. The van der Waals surface area contributed by atoms with Crippen LogP contribution in [0.3, 0.4) is 0 Å². The van der Waals surface area contributed by atoms with Crippen molar-refractivity contribution in [2.75, 3.05) is 10.6 Å². The number of aliphatic hydroxyl groups is 1. The summed E-state index contributed by atoms with van der Waals surface area (Å²) in [5.74, 6) is 0.0636. The molecule has 2 aliphatic rings. The molecule has 1 saturated heterocycles. The van der Waals surface area contributed by atoms with Gasteiger partial charge in [-0.1, -0.05) is 18.2 Å². The average molecular weight is 512 g/mol. The minimum absolute atomic E-state index is 0.0334. The Morgan fingerprint density at radius 1 is 1.08 bits per heavy atom. The van der Waals surface area contributed by atoms with Gasteiger partial charge in [-0.3, -0.25) is 4.79 Å². The van der Waals surface area contributed by atoms with Crippen molar-refractivity contribution >= 4 is 23.1 Å². The minimum atomic E-state index is -4.56. The van der Waals surface area contributed by atoms with Gasteiger partial charge in [-0.05, 0) is 61.9 Å². The number of carbonyl (C=O) groups excluding carboxylic acids is 1. The molecular weight excluding hydrogens is 483 g/mol. The Morgan fingerprint density at radius 3 is 2.68 bits per heavy atom. The lowest BCUT2D eigenvalue weighted by Gasteiger charge is -2.23. The molecule has 194 valence electrons. The van der Waals surface area contributed by atoms with Crippen LogP contribution in [0, 0.1) is 0 Å². The first-order chi connectivity index (χ1) is 17.7. The molecular formula is C27H28F3N5O2. The molecule has 1 amide bonds. The van der Waals surface area contributed by atoms with E-state index in [4.69, 9.17) is 0 Å². The summed E-state index contributed by atoms with van der Waals surface area (Å²) in [7, 11) is 0. The first-order valence-corrected chi connectivity index (χ1v) is 12.3. The van der Waals surface area contributed by atoms with E-state index in [-0.39, 0.29) is 17.6 Å². The number of amides is 1. The number of benzene rings is 2. The lowest BCUT2D eigenvalue weighted by molar-refractivity contribution is -0.137. The predicted molar refractivity (Wildman–Crippen MR) is 134 cm³/mol. The lowest BCUT2D eigenvalue weighted by atomic mass is 9.88. The van der Waals surface area contributed by atoms with E-state index in [2.05, 4.69) is 25.9 Å². The SMILES string of the molecule is CC1CC[C@@H](C(=O)Nc2cc(C(F)(F)F)ccc2-c2cc(Nc3cccc4c3CC(O)CC4)ncn2)N1. The molecule has 1 aliphatic carbocycles. The van der Waals surface area contributed by atoms with E-state index >= 15 is 0 Å². The van der Waals surface area contributed by atoms with Crippen LogP contribution in [-0.2, 0) is 23.8 Å². The number of aryl methyl sites for hydroxylation is 1. The Kier molecular flexibility index (Phi) is 6.87. The fourth-order valence-corrected chi connectivity index (χ4v) is 5.00. The van der Waals surface area contributed by atoms with Crippen LogP contribution in [0.5, 0.6) is 0 Å². The van der Waals surface area contributed by atoms with Crippen LogP contribution < -0.4 is 16.0 Å². The molecule has 10 heteroatoms. The number of hydrogen-bond acceptors (Lipinski definition) is 6. The lowest BCUT2D eigenvalue weighted by Crippen LogP contribution is -2.38. The maximum Gasteiger partial charge on any atom is 0.416 e. The maximum atomic E-state index is 13.5. The van der Waals surface area contributed by atoms with Crippen LogP contribution in [-0.4, -0.2) is 39.2 Å². The van der Waals surface area contributed by atoms with Crippen molar-refractivity contribution in [2.24, 2.45) is 0 Å². The number of nitrogens with one attached hydrogen (secondary N) is 3. The van der Waals surface area contributed by atoms with Gasteiger partial charge in [0.05, 0.1) is 29.1 Å². The molecule has 7 nitrogen and oxygen atoms in total. The van der Waals surface area contributed by atoms with Crippen molar-refractivity contribution in [1.29, 1.82) is 0 Å². The number of anilines is 3. The van der Waals surface area contributed by atoms with Crippen LogP contribution in [0.15, 0.2) is 48.8 Å². The number of nitrogens with zero attached hydrogens (tertiary/aromatic N) is 2. The molecule has 2 aromatic carbocycles. The van der Waals surface area contributed by atoms with Gasteiger partial charge in [0.15, 0.2) is 0 Å². The maximum absolute atomic E-state index is 13.5. The van der Waals surface area contributed by atoms with Crippen molar-refractivity contribution in [2.45, 2.75) is 63.4 Å². The summed E-state index contributed by atoms with van der Waals surface area (Å²) in [4.78, 5) is 21.4. The van der Waals surface area contributed by atoms with E-state index < -0.39 is 23.9 Å². The molecule has 3 atom stereocenters. The van der Waals surface area contributed by atoms with Gasteiger partial charge in [0, 0.05) is 29.8 Å². The molecule has 5 rings (SSSR count). The topological polar surface area (TPSA) is 99.2 Å². The van der Waals surface area contributed by atoms with Crippen molar-refractivity contribution in [3.63, 3.8) is 0 Å². The molecule has 37 heavy (non-hydrogen) atoms. The third-order valence-corrected chi connectivity index (χ3v) is 6.96. The first kappa shape index (κ1) is 25.2. The molecule has 4 N–H and O–H groups in total. The number of halogens is 3. The summed E-state index contributed by atoms with van der Waals surface area (Å²) in [6.07, 6.45) is -0.200. The highest BCUT2D eigenvalue weighted by molar-refractivity contribution is 5.98. The standard InChI is InChI=1S/C27H28F3N5O2/c1-15-5-10-22(33-15)26(37)35-24-11-17(27(28,29)30)7-9-19(24)23-13-25(32-14-31-23)34-21-4-2-3-16-6-8-18(36)12-20(16)21/h2-4,7,9,11,13-15,18,22,33,36H,5-6,8,10,12H2,1H3,(H,35,37)(H,31,32,34)/t15?,18?,22-/m0/s1. The monoisotopic (exact) mass is 511 g/mol. The summed E-state index contributed by atoms with van der Waals surface area (Å²) in [5.41, 5.74) is 2.87. The van der Waals surface area contributed by atoms with Crippen molar-refractivity contribution < 1.29 is 23.1 Å². The highest BCUT2D eigenvalue weighted by Gasteiger charge is 2.32. The van der Waals surface area contributed by atoms with Gasteiger partial charge in [-0.2, -0.15) is 13.2 Å². The number of fused-ring (bicyclic) bond motifs is 1. The van der Waals surface area contributed by atoms with Crippen LogP contribution in [0.1, 0.15) is 42.9 Å². The molecule has 1 aromatic heterocycles. The Labute approximate surface area is 212 Å². The van der Waals surface area contributed by atoms with Crippen molar-refractivity contribution in [3.05, 3.63) is 65.5 Å². The molecule has 0 bridgehead atoms. The molecule has 0 radical (unpaired) electrons. The van der Waals surface area contributed by atoms with Gasteiger partial charge in [0.1, 0.15) is 12.1 Å². The van der Waals surface area contributed by atoms with E-state index in [9.17, 15) is 23.1 Å². The van der Waals surface area contributed by atoms with Gasteiger partial charge >= 0.3 is 6.18 Å². The fourth-order valence-electron chi connectivity index (χ4n) is 5.00. The number of carbonyl (C=O) groups is 1. The van der Waals surface area contributed by atoms with Gasteiger partial charge in [-0.25, -0.2) is 9.97 Å². The van der Waals surface area contributed by atoms with E-state index in [1.165, 1.54) is 12.4 Å². The zero-order chi connectivity index (χ0) is 26.2. The Balaban J connectivity index is 1.46. The fraction of sp³-hybridized carbons (Fsp3) is 0.370. The Bertz CT molecular complexity index is 1310. The second kappa shape index (κ2) is 10.1. The summed E-state index contributed by atoms with van der Waals surface area (Å²) < 4.78 is 40.5. The molecule has 1 aliphatic heterocycles. The predicted octanol–water partition coefficient (Wildman–Crippen LogP) is 4.83. The number of aliphatic hydroxyl groups excluding tert-OH is 1. The van der Waals surface area contributed by atoms with Gasteiger partial charge in [0.2, 0.25) is 5.91 Å². The van der Waals surface area contributed by atoms with Gasteiger partial charge < -0.3 is 21.1 Å². The van der Waals surface area contributed by atoms with Crippen LogP contribution in [0.2, 0.25) is 0 Å². The highest BCUT2D eigenvalue weighted by Crippen LogP contribution is 2.36. The molecule has 2 heterocycles. The van der Waals surface area contributed by atoms with E-state index in [0.29, 0.717) is 36.3 Å². The van der Waals surface area contributed by atoms with E-state index in [1.54, 1.807) is 6.07 Å². The minimum Gasteiger partial charge on any atom is -0.393 e. The van der Waals surface area contributed by atoms with E-state index in [0.717, 1.165) is 41.8 Å². The van der Waals surface area contributed by atoms with Gasteiger partial charge in [-0.15, -0.1) is 0 Å². The van der Waals surface area contributed by atoms with E-state index in [1.807, 2.05) is 25.1 Å². The zero-order valence-corrected chi connectivity index (χ0v) is 20.3. The molecule has 3 aromatic rings. The summed E-state index contributed by atoms with van der Waals surface area (Å²) in [6, 6.07) is 10.4. The summed E-state index contributed by atoms with van der Waals surface area (Å²) >= 11 is 0. The third kappa shape index (κ3) is 5.60. The van der Waals surface area contributed by atoms with Crippen molar-refractivity contribution in [1.82, 2.24) is 15.3 Å². The average Bonchev–Trinajstić information content (AvgIpc) is 3.30. The molecule has 0 saturated carbocycles. The number of alkyl halides is 3. The summed E-state index contributed by atoms with van der Waals surface area (Å²) in [6.45, 7) is 1.96. The van der Waals surface area contributed by atoms with Crippen LogP contribution >= 0.6 is 0 Å². The van der Waals surface area contributed by atoms with Crippen molar-refractivity contribution in [3.8, 4) is 11.3 Å². The molecule has 1 fully saturated rings. The number of aromatic nitrogens is 2. The normalized spacial score (nSPS) is 21.4. The number of hydrogen-bond donors (Lipinski definition) is 4. The Hall–Kier alpha value is -3.50. The third-order valence-electron chi connectivity index (χ3n) is 6.96. The first-order valence-electron chi connectivity index (χ1n) is 12.3. The quantitative estimate of drug-likeness (QED) is 0.392.